The first-order chi connectivity index (χ1) is 8.99. The van der Waals surface area contributed by atoms with Gasteiger partial charge in [-0.05, 0) is 14.0 Å². The van der Waals surface area contributed by atoms with Gasteiger partial charge in [0.25, 0.3) is 0 Å². The number of hydrogen-bond donors (Lipinski definition) is 0. The topological polar surface area (TPSA) is 52.6 Å². The minimum Gasteiger partial charge on any atom is -0.353 e. The average molecular weight is 263 g/mol. The Morgan fingerprint density at radius 3 is 2.74 bits per heavy atom. The van der Waals surface area contributed by atoms with Crippen molar-refractivity contribution in [2.75, 3.05) is 45.7 Å². The molecule has 6 heteroatoms. The predicted molar refractivity (Wildman–Crippen MR) is 74.1 cm³/mol. The second-order valence-electron chi connectivity index (χ2n) is 5.19. The van der Waals surface area contributed by atoms with Crippen molar-refractivity contribution in [3.05, 3.63) is 18.1 Å². The Labute approximate surface area is 114 Å². The molecule has 6 nitrogen and oxygen atoms in total. The molecule has 104 valence electrons. The van der Waals surface area contributed by atoms with Crippen LogP contribution in [0.1, 0.15) is 5.69 Å². The fourth-order valence-corrected chi connectivity index (χ4v) is 2.26. The number of likely N-dealkylation sites (N-methyl/N-ethyl adjacent to an activating group) is 2. The molecular weight excluding hydrogens is 242 g/mol. The number of amides is 1. The first-order valence-corrected chi connectivity index (χ1v) is 6.44. The number of anilines is 1. The second kappa shape index (κ2) is 5.52. The third kappa shape index (κ3) is 3.01. The van der Waals surface area contributed by atoms with Crippen LogP contribution >= 0.6 is 0 Å². The molecule has 1 aliphatic heterocycles. The molecule has 0 aromatic carbocycles. The number of rotatable bonds is 2. The van der Waals surface area contributed by atoms with Crippen molar-refractivity contribution in [2.45, 2.75) is 13.0 Å². The number of hydrogen-bond acceptors (Lipinski definition) is 5. The van der Waals surface area contributed by atoms with E-state index < -0.39 is 0 Å². The molecule has 0 aliphatic carbocycles. The molecule has 0 spiro atoms. The molecule has 1 aliphatic rings. The molecule has 1 fully saturated rings. The maximum atomic E-state index is 12.2. The van der Waals surface area contributed by atoms with Crippen molar-refractivity contribution >= 4 is 11.7 Å². The lowest BCUT2D eigenvalue weighted by atomic mass is 10.1. The molecule has 0 saturated carbocycles. The lowest BCUT2D eigenvalue weighted by molar-refractivity contribution is -0.134. The summed E-state index contributed by atoms with van der Waals surface area (Å²) >= 11 is 0. The van der Waals surface area contributed by atoms with Crippen molar-refractivity contribution in [2.24, 2.45) is 0 Å². The van der Waals surface area contributed by atoms with Crippen LogP contribution in [0.3, 0.4) is 0 Å². The zero-order valence-electron chi connectivity index (χ0n) is 12.0. The van der Waals surface area contributed by atoms with Crippen molar-refractivity contribution < 1.29 is 4.79 Å². The minimum atomic E-state index is -0.112. The zero-order chi connectivity index (χ0) is 14.0. The zero-order valence-corrected chi connectivity index (χ0v) is 12.0. The van der Waals surface area contributed by atoms with E-state index in [2.05, 4.69) is 19.8 Å². The first-order valence-electron chi connectivity index (χ1n) is 6.44. The van der Waals surface area contributed by atoms with E-state index in [1.807, 2.05) is 20.0 Å². The molecule has 0 unspecified atom stereocenters. The van der Waals surface area contributed by atoms with Crippen LogP contribution in [0.4, 0.5) is 5.82 Å². The Hall–Kier alpha value is -1.69. The van der Waals surface area contributed by atoms with E-state index in [1.54, 1.807) is 25.3 Å². The summed E-state index contributed by atoms with van der Waals surface area (Å²) in [4.78, 5) is 26.5. The summed E-state index contributed by atoms with van der Waals surface area (Å²) in [5.74, 6) is 1.04. The standard InChI is InChI=1S/C13H21N5O/c1-10-7-12(15-9-14-10)18-6-5-17(4)11(8-18)13(19)16(2)3/h7,9,11H,5-6,8H2,1-4H3/t11-/m0/s1. The quantitative estimate of drug-likeness (QED) is 0.751. The lowest BCUT2D eigenvalue weighted by Crippen LogP contribution is -2.57. The highest BCUT2D eigenvalue weighted by Crippen LogP contribution is 2.17. The van der Waals surface area contributed by atoms with Crippen LogP contribution in [0.2, 0.25) is 0 Å². The molecule has 1 saturated heterocycles. The highest BCUT2D eigenvalue weighted by molar-refractivity contribution is 5.82. The fourth-order valence-electron chi connectivity index (χ4n) is 2.26. The molecule has 1 amide bonds. The monoisotopic (exact) mass is 263 g/mol. The van der Waals surface area contributed by atoms with Crippen LogP contribution in [0, 0.1) is 6.92 Å². The summed E-state index contributed by atoms with van der Waals surface area (Å²) in [5.41, 5.74) is 0.944. The third-order valence-corrected chi connectivity index (χ3v) is 3.49. The Balaban J connectivity index is 2.15. The number of aromatic nitrogens is 2. The smallest absolute Gasteiger partial charge is 0.241 e. The lowest BCUT2D eigenvalue weighted by Gasteiger charge is -2.40. The van der Waals surface area contributed by atoms with Crippen LogP contribution in [0.15, 0.2) is 12.4 Å². The average Bonchev–Trinajstić information content (AvgIpc) is 2.38. The highest BCUT2D eigenvalue weighted by atomic mass is 16.2. The summed E-state index contributed by atoms with van der Waals surface area (Å²) in [5, 5.41) is 0. The Kier molecular flexibility index (Phi) is 3.99. The van der Waals surface area contributed by atoms with Crippen LogP contribution in [-0.4, -0.2) is 72.5 Å². The molecule has 1 aromatic rings. The number of carbonyl (C=O) groups is 1. The molecular formula is C13H21N5O. The molecule has 1 aromatic heterocycles. The summed E-state index contributed by atoms with van der Waals surface area (Å²) < 4.78 is 0. The van der Waals surface area contributed by atoms with Gasteiger partial charge in [-0.2, -0.15) is 0 Å². The number of carbonyl (C=O) groups excluding carboxylic acids is 1. The van der Waals surface area contributed by atoms with Crippen LogP contribution < -0.4 is 4.90 Å². The van der Waals surface area contributed by atoms with Gasteiger partial charge in [0.2, 0.25) is 5.91 Å². The molecule has 2 heterocycles. The van der Waals surface area contributed by atoms with Gasteiger partial charge in [0.1, 0.15) is 18.2 Å². The summed E-state index contributed by atoms with van der Waals surface area (Å²) in [6.45, 7) is 4.35. The molecule has 19 heavy (non-hydrogen) atoms. The summed E-state index contributed by atoms with van der Waals surface area (Å²) in [6, 6.07) is 1.85. The van der Waals surface area contributed by atoms with Gasteiger partial charge in [0, 0.05) is 45.5 Å². The van der Waals surface area contributed by atoms with Gasteiger partial charge in [-0.1, -0.05) is 0 Å². The van der Waals surface area contributed by atoms with Gasteiger partial charge >= 0.3 is 0 Å². The van der Waals surface area contributed by atoms with Crippen molar-refractivity contribution in [1.82, 2.24) is 19.8 Å². The number of nitrogens with zero attached hydrogens (tertiary/aromatic N) is 5. The van der Waals surface area contributed by atoms with Crippen molar-refractivity contribution in [1.29, 1.82) is 0 Å². The number of piperazine rings is 1. The van der Waals surface area contributed by atoms with Gasteiger partial charge in [-0.15, -0.1) is 0 Å². The summed E-state index contributed by atoms with van der Waals surface area (Å²) in [7, 11) is 5.59. The molecule has 0 bridgehead atoms. The van der Waals surface area contributed by atoms with Crippen molar-refractivity contribution in [3.63, 3.8) is 0 Å². The maximum absolute atomic E-state index is 12.2. The first kappa shape index (κ1) is 13.7. The van der Waals surface area contributed by atoms with Crippen molar-refractivity contribution in [3.8, 4) is 0 Å². The molecule has 2 rings (SSSR count). The summed E-state index contributed by atoms with van der Waals surface area (Å²) in [6.07, 6.45) is 1.58. The predicted octanol–water partition coefficient (Wildman–Crippen LogP) is -0.00638. The van der Waals surface area contributed by atoms with Gasteiger partial charge in [-0.3, -0.25) is 9.69 Å². The normalized spacial score (nSPS) is 20.4. The van der Waals surface area contributed by atoms with Gasteiger partial charge in [0.15, 0.2) is 0 Å². The Morgan fingerprint density at radius 1 is 1.37 bits per heavy atom. The SMILES string of the molecule is Cc1cc(N2CCN(C)[C@H](C(=O)N(C)C)C2)ncn1. The third-order valence-electron chi connectivity index (χ3n) is 3.49. The van der Waals surface area contributed by atoms with E-state index in [0.717, 1.165) is 24.6 Å². The van der Waals surface area contributed by atoms with E-state index in [9.17, 15) is 4.79 Å². The van der Waals surface area contributed by atoms with Crippen LogP contribution in [0.25, 0.3) is 0 Å². The molecule has 0 N–H and O–H groups in total. The van der Waals surface area contributed by atoms with E-state index in [4.69, 9.17) is 0 Å². The minimum absolute atomic E-state index is 0.112. The van der Waals surface area contributed by atoms with Crippen LogP contribution in [-0.2, 0) is 4.79 Å². The maximum Gasteiger partial charge on any atom is 0.241 e. The van der Waals surface area contributed by atoms with Gasteiger partial charge in [-0.25, -0.2) is 9.97 Å². The molecule has 1 atom stereocenters. The van der Waals surface area contributed by atoms with Crippen LogP contribution in [0.5, 0.6) is 0 Å². The number of aryl methyl sites for hydroxylation is 1. The van der Waals surface area contributed by atoms with Gasteiger partial charge in [0.05, 0.1) is 0 Å². The fraction of sp³-hybridized carbons (Fsp3) is 0.615. The van der Waals surface area contributed by atoms with Gasteiger partial charge < -0.3 is 9.80 Å². The second-order valence-corrected chi connectivity index (χ2v) is 5.19. The van der Waals surface area contributed by atoms with E-state index in [0.29, 0.717) is 6.54 Å². The molecule has 0 radical (unpaired) electrons. The Bertz CT molecular complexity index is 462. The van der Waals surface area contributed by atoms with E-state index in [1.165, 1.54) is 0 Å². The highest BCUT2D eigenvalue weighted by Gasteiger charge is 2.31. The van der Waals surface area contributed by atoms with E-state index >= 15 is 0 Å². The Morgan fingerprint density at radius 2 is 2.11 bits per heavy atom. The van der Waals surface area contributed by atoms with E-state index in [-0.39, 0.29) is 11.9 Å². The largest absolute Gasteiger partial charge is 0.353 e.